The van der Waals surface area contributed by atoms with Gasteiger partial charge in [0.05, 0.1) is 6.61 Å². The molecule has 0 rings (SSSR count). The second-order valence-corrected chi connectivity index (χ2v) is 15.0. The zero-order chi connectivity index (χ0) is 28.7. The predicted octanol–water partition coefficient (Wildman–Crippen LogP) is 11.1. The summed E-state index contributed by atoms with van der Waals surface area (Å²) in [6, 6.07) is 0. The van der Waals surface area contributed by atoms with Crippen molar-refractivity contribution in [2.24, 2.45) is 0 Å². The second kappa shape index (κ2) is 32.8. The minimum Gasteiger partial charge on any atom is -0.394 e. The van der Waals surface area contributed by atoms with E-state index in [4.69, 9.17) is 0 Å². The lowest BCUT2D eigenvalue weighted by Gasteiger charge is -2.26. The van der Waals surface area contributed by atoms with Crippen molar-refractivity contribution < 1.29 is 15.3 Å². The smallest absolute Gasteiger partial charge is 0.107 e. The summed E-state index contributed by atoms with van der Waals surface area (Å²) in [5.74, 6) is -0.714. The SMILES string of the molecule is CCCCCCCCCCCCCCCCP(CCCCCCCCCCCCCCCC)C(O)C(O)CO. The van der Waals surface area contributed by atoms with E-state index in [2.05, 4.69) is 13.8 Å². The molecule has 0 aliphatic rings. The summed E-state index contributed by atoms with van der Waals surface area (Å²) in [6.07, 6.45) is 39.3. The Balaban J connectivity index is 3.73. The third-order valence-corrected chi connectivity index (χ3v) is 11.4. The highest BCUT2D eigenvalue weighted by atomic mass is 31.1. The van der Waals surface area contributed by atoms with Crippen LogP contribution in [0.2, 0.25) is 0 Å². The normalized spacial score (nSPS) is 13.4. The average Bonchev–Trinajstić information content (AvgIpc) is 2.95. The van der Waals surface area contributed by atoms with Crippen molar-refractivity contribution in [1.29, 1.82) is 0 Å². The second-order valence-electron chi connectivity index (χ2n) is 12.4. The van der Waals surface area contributed by atoms with Crippen LogP contribution in [-0.2, 0) is 0 Å². The maximum absolute atomic E-state index is 10.6. The van der Waals surface area contributed by atoms with Crippen molar-refractivity contribution in [2.45, 2.75) is 206 Å². The highest BCUT2D eigenvalue weighted by Gasteiger charge is 2.24. The summed E-state index contributed by atoms with van der Waals surface area (Å²) in [5, 5.41) is 30.0. The Labute approximate surface area is 247 Å². The summed E-state index contributed by atoms with van der Waals surface area (Å²) < 4.78 is 0. The third-order valence-electron chi connectivity index (χ3n) is 8.50. The van der Waals surface area contributed by atoms with Crippen LogP contribution in [0, 0.1) is 0 Å². The molecule has 0 amide bonds. The molecule has 0 heterocycles. The Kier molecular flexibility index (Phi) is 33.1. The van der Waals surface area contributed by atoms with Crippen molar-refractivity contribution in [3.63, 3.8) is 0 Å². The van der Waals surface area contributed by atoms with Gasteiger partial charge in [0.2, 0.25) is 0 Å². The summed E-state index contributed by atoms with van der Waals surface area (Å²) >= 11 is 0. The molecule has 4 heteroatoms. The number of aliphatic hydroxyl groups is 3. The Morgan fingerprint density at radius 2 is 0.615 bits per heavy atom. The topological polar surface area (TPSA) is 60.7 Å². The van der Waals surface area contributed by atoms with Gasteiger partial charge in [-0.3, -0.25) is 0 Å². The van der Waals surface area contributed by atoms with Gasteiger partial charge >= 0.3 is 0 Å². The van der Waals surface area contributed by atoms with Crippen molar-refractivity contribution >= 4 is 7.92 Å². The van der Waals surface area contributed by atoms with E-state index in [0.717, 1.165) is 25.2 Å². The maximum Gasteiger partial charge on any atom is 0.107 e. The van der Waals surface area contributed by atoms with Crippen LogP contribution in [0.1, 0.15) is 194 Å². The molecule has 3 nitrogen and oxygen atoms in total. The number of unbranched alkanes of at least 4 members (excludes halogenated alkanes) is 26. The Hall–Kier alpha value is 0.310. The van der Waals surface area contributed by atoms with Crippen molar-refractivity contribution in [3.05, 3.63) is 0 Å². The number of aliphatic hydroxyl groups excluding tert-OH is 3. The molecule has 0 bridgehead atoms. The Morgan fingerprint density at radius 3 is 0.846 bits per heavy atom. The monoisotopic (exact) mass is 573 g/mol. The van der Waals surface area contributed by atoms with Gasteiger partial charge in [-0.05, 0) is 25.2 Å². The van der Waals surface area contributed by atoms with Crippen LogP contribution >= 0.6 is 7.92 Å². The van der Waals surface area contributed by atoms with Gasteiger partial charge in [0.1, 0.15) is 11.9 Å². The minimum absolute atomic E-state index is 0.322. The van der Waals surface area contributed by atoms with Gasteiger partial charge in [-0.1, -0.05) is 189 Å². The lowest BCUT2D eigenvalue weighted by Crippen LogP contribution is -2.29. The van der Waals surface area contributed by atoms with Gasteiger partial charge in [-0.2, -0.15) is 0 Å². The van der Waals surface area contributed by atoms with Crippen LogP contribution in [-0.4, -0.2) is 46.2 Å². The van der Waals surface area contributed by atoms with E-state index < -0.39 is 19.9 Å². The van der Waals surface area contributed by atoms with Crippen molar-refractivity contribution in [1.82, 2.24) is 0 Å². The summed E-state index contributed by atoms with van der Waals surface area (Å²) in [5.41, 5.74) is 0. The van der Waals surface area contributed by atoms with Crippen LogP contribution in [0.15, 0.2) is 0 Å². The quantitative estimate of drug-likeness (QED) is 0.0541. The molecular weight excluding hydrogens is 499 g/mol. The molecule has 236 valence electrons. The lowest BCUT2D eigenvalue weighted by molar-refractivity contribution is 0.0255. The fraction of sp³-hybridized carbons (Fsp3) is 1.00. The molecule has 0 aliphatic heterocycles. The molecule has 0 aromatic rings. The molecule has 0 aliphatic carbocycles. The third kappa shape index (κ3) is 28.2. The molecule has 0 aromatic heterocycles. The first kappa shape index (κ1) is 39.3. The molecule has 0 spiro atoms. The summed E-state index contributed by atoms with van der Waals surface area (Å²) in [7, 11) is -0.603. The molecular formula is C35H73O3P. The highest BCUT2D eigenvalue weighted by molar-refractivity contribution is 7.58. The fourth-order valence-corrected chi connectivity index (χ4v) is 8.33. The van der Waals surface area contributed by atoms with E-state index in [1.54, 1.807) is 0 Å². The first-order valence-electron chi connectivity index (χ1n) is 17.9. The van der Waals surface area contributed by atoms with Crippen LogP contribution in [0.4, 0.5) is 0 Å². The predicted molar refractivity (Wildman–Crippen MR) is 176 cm³/mol. The van der Waals surface area contributed by atoms with Crippen LogP contribution in [0.5, 0.6) is 0 Å². The zero-order valence-electron chi connectivity index (χ0n) is 26.9. The molecule has 3 N–H and O–H groups in total. The largest absolute Gasteiger partial charge is 0.394 e. The van der Waals surface area contributed by atoms with Gasteiger partial charge in [0, 0.05) is 0 Å². The van der Waals surface area contributed by atoms with E-state index in [0.29, 0.717) is 0 Å². The molecule has 0 aromatic carbocycles. The Bertz CT molecular complexity index is 416. The first-order chi connectivity index (χ1) is 19.2. The molecule has 0 fully saturated rings. The van der Waals surface area contributed by atoms with Crippen LogP contribution in [0.3, 0.4) is 0 Å². The van der Waals surface area contributed by atoms with E-state index >= 15 is 0 Å². The highest BCUT2D eigenvalue weighted by Crippen LogP contribution is 2.43. The van der Waals surface area contributed by atoms with Gasteiger partial charge in [-0.25, -0.2) is 0 Å². The number of hydrogen-bond donors (Lipinski definition) is 3. The van der Waals surface area contributed by atoms with Crippen molar-refractivity contribution in [2.75, 3.05) is 18.9 Å². The molecule has 2 unspecified atom stereocenters. The van der Waals surface area contributed by atoms with E-state index in [9.17, 15) is 15.3 Å². The van der Waals surface area contributed by atoms with E-state index in [1.807, 2.05) is 0 Å². The molecule has 0 radical (unpaired) electrons. The molecule has 2 atom stereocenters. The van der Waals surface area contributed by atoms with E-state index in [1.165, 1.54) is 167 Å². The fourth-order valence-electron chi connectivity index (χ4n) is 5.73. The van der Waals surface area contributed by atoms with Crippen LogP contribution < -0.4 is 0 Å². The Morgan fingerprint density at radius 1 is 0.385 bits per heavy atom. The molecule has 0 saturated heterocycles. The number of hydrogen-bond acceptors (Lipinski definition) is 3. The van der Waals surface area contributed by atoms with Crippen molar-refractivity contribution in [3.8, 4) is 0 Å². The molecule has 0 saturated carbocycles. The van der Waals surface area contributed by atoms with Gasteiger partial charge < -0.3 is 15.3 Å². The van der Waals surface area contributed by atoms with Gasteiger partial charge in [-0.15, -0.1) is 0 Å². The maximum atomic E-state index is 10.6. The van der Waals surface area contributed by atoms with Gasteiger partial charge in [0.25, 0.3) is 0 Å². The standard InChI is InChI=1S/C35H73O3P/c1-3-5-7-9-11-13-15-17-19-21-23-25-27-29-31-39(35(38)34(37)33-36)32-30-28-26-24-22-20-18-16-14-12-10-8-6-4-2/h34-38H,3-33H2,1-2H3. The lowest BCUT2D eigenvalue weighted by atomic mass is 10.0. The van der Waals surface area contributed by atoms with Gasteiger partial charge in [0.15, 0.2) is 0 Å². The first-order valence-corrected chi connectivity index (χ1v) is 19.7. The summed E-state index contributed by atoms with van der Waals surface area (Å²) in [4.78, 5) is 0. The molecule has 39 heavy (non-hydrogen) atoms. The minimum atomic E-state index is -0.964. The average molecular weight is 573 g/mol. The zero-order valence-corrected chi connectivity index (χ0v) is 27.8. The van der Waals surface area contributed by atoms with E-state index in [-0.39, 0.29) is 6.61 Å². The number of rotatable bonds is 33. The summed E-state index contributed by atoms with van der Waals surface area (Å²) in [6.45, 7) is 4.25. The van der Waals surface area contributed by atoms with Crippen LogP contribution in [0.25, 0.3) is 0 Å².